The van der Waals surface area contributed by atoms with Gasteiger partial charge < -0.3 is 15.3 Å². The van der Waals surface area contributed by atoms with Crippen molar-refractivity contribution in [2.24, 2.45) is 5.73 Å². The Morgan fingerprint density at radius 3 is 2.55 bits per heavy atom. The molecule has 0 radical (unpaired) electrons. The van der Waals surface area contributed by atoms with Gasteiger partial charge in [0, 0.05) is 5.39 Å². The molecule has 1 amide bonds. The van der Waals surface area contributed by atoms with Crippen molar-refractivity contribution in [3.8, 4) is 17.0 Å². The maximum absolute atomic E-state index is 11.8. The molecule has 0 aliphatic rings. The molecule has 0 spiro atoms. The number of rotatable bonds is 2. The van der Waals surface area contributed by atoms with Gasteiger partial charge in [-0.3, -0.25) is 4.79 Å². The molecule has 0 unspecified atom stereocenters. The quantitative estimate of drug-likeness (QED) is 0.759. The second-order valence-corrected chi connectivity index (χ2v) is 5.31. The Hall–Kier alpha value is -2.82. The monoisotopic (exact) mass is 296 g/mol. The molecule has 0 saturated heterocycles. The summed E-state index contributed by atoms with van der Waals surface area (Å²) in [6.45, 7) is 5.38. The van der Waals surface area contributed by atoms with E-state index >= 15 is 0 Å². The van der Waals surface area contributed by atoms with E-state index in [0.717, 1.165) is 16.5 Å². The van der Waals surface area contributed by atoms with E-state index in [9.17, 15) is 9.90 Å². The van der Waals surface area contributed by atoms with Crippen molar-refractivity contribution in [3.63, 3.8) is 0 Å². The molecule has 5 heteroatoms. The second-order valence-electron chi connectivity index (χ2n) is 5.31. The average molecular weight is 296 g/mol. The topological polar surface area (TPSA) is 89.4 Å². The molecule has 3 rings (SSSR count). The van der Waals surface area contributed by atoms with Crippen molar-refractivity contribution in [1.29, 1.82) is 0 Å². The third kappa shape index (κ3) is 1.94. The Bertz CT molecular complexity index is 910. The average Bonchev–Trinajstić information content (AvgIpc) is 2.88. The summed E-state index contributed by atoms with van der Waals surface area (Å²) >= 11 is 0. The van der Waals surface area contributed by atoms with Crippen LogP contribution in [-0.2, 0) is 0 Å². The van der Waals surface area contributed by atoms with Gasteiger partial charge in [-0.05, 0) is 38.0 Å². The van der Waals surface area contributed by atoms with Gasteiger partial charge in [0.25, 0.3) is 5.91 Å². The lowest BCUT2D eigenvalue weighted by atomic mass is 9.98. The summed E-state index contributed by atoms with van der Waals surface area (Å²) in [5.74, 6) is -0.397. The lowest BCUT2D eigenvalue weighted by Gasteiger charge is -2.12. The summed E-state index contributed by atoms with van der Waals surface area (Å²) in [6.07, 6.45) is 0. The Balaban J connectivity index is 2.45. The molecule has 2 heterocycles. The highest BCUT2D eigenvalue weighted by atomic mass is 16.3. The first-order valence-corrected chi connectivity index (χ1v) is 6.90. The number of furan rings is 1. The highest BCUT2D eigenvalue weighted by Crippen LogP contribution is 2.38. The smallest absolute Gasteiger partial charge is 0.285 e. The number of hydrogen-bond acceptors (Lipinski definition) is 4. The molecule has 3 aromatic rings. The fraction of sp³-hybridized carbons (Fsp3) is 0.176. The number of benzene rings is 1. The Kier molecular flexibility index (Phi) is 3.13. The fourth-order valence-electron chi connectivity index (χ4n) is 2.63. The number of aromatic nitrogens is 1. The number of primary amides is 1. The van der Waals surface area contributed by atoms with Crippen molar-refractivity contribution in [2.75, 3.05) is 0 Å². The summed E-state index contributed by atoms with van der Waals surface area (Å²) in [5, 5.41) is 10.8. The van der Waals surface area contributed by atoms with Crippen LogP contribution in [0.25, 0.3) is 22.2 Å². The zero-order valence-corrected chi connectivity index (χ0v) is 12.6. The molecule has 3 N–H and O–H groups in total. The number of aromatic hydroxyl groups is 1. The van der Waals surface area contributed by atoms with Gasteiger partial charge in [-0.1, -0.05) is 18.2 Å². The van der Waals surface area contributed by atoms with Gasteiger partial charge in [0.2, 0.25) is 5.76 Å². The molecule has 0 aliphatic heterocycles. The minimum atomic E-state index is -0.643. The number of hydrogen-bond donors (Lipinski definition) is 2. The third-order valence-electron chi connectivity index (χ3n) is 3.95. The number of nitrogens with zero attached hydrogens (tertiary/aromatic N) is 1. The highest BCUT2D eigenvalue weighted by molar-refractivity contribution is 6.07. The first-order valence-electron chi connectivity index (χ1n) is 6.90. The minimum absolute atomic E-state index is 0.0845. The van der Waals surface area contributed by atoms with Crippen LogP contribution >= 0.6 is 0 Å². The van der Waals surface area contributed by atoms with E-state index in [-0.39, 0.29) is 11.5 Å². The summed E-state index contributed by atoms with van der Waals surface area (Å²) in [6, 6.07) is 7.33. The van der Waals surface area contributed by atoms with E-state index in [2.05, 4.69) is 4.98 Å². The van der Waals surface area contributed by atoms with Gasteiger partial charge in [-0.15, -0.1) is 0 Å². The summed E-state index contributed by atoms with van der Waals surface area (Å²) in [7, 11) is 0. The maximum Gasteiger partial charge on any atom is 0.285 e. The lowest BCUT2D eigenvalue weighted by Crippen LogP contribution is -2.11. The second kappa shape index (κ2) is 4.87. The number of nitrogens with two attached hydrogens (primary N) is 1. The molecular formula is C17H16N2O3. The minimum Gasteiger partial charge on any atom is -0.506 e. The zero-order valence-electron chi connectivity index (χ0n) is 12.6. The van der Waals surface area contributed by atoms with Crippen LogP contribution in [0.5, 0.6) is 5.75 Å². The Morgan fingerprint density at radius 1 is 1.18 bits per heavy atom. The van der Waals surface area contributed by atoms with E-state index in [1.165, 1.54) is 0 Å². The molecule has 0 fully saturated rings. The SMILES string of the molecule is Cc1nc(-c2c(C(N)=O)oc3ccccc23)c(C)c(C)c1O. The van der Waals surface area contributed by atoms with Crippen LogP contribution in [0.4, 0.5) is 0 Å². The van der Waals surface area contributed by atoms with Crippen molar-refractivity contribution < 1.29 is 14.3 Å². The lowest BCUT2D eigenvalue weighted by molar-refractivity contribution is 0.0977. The number of carbonyl (C=O) groups is 1. The fourth-order valence-corrected chi connectivity index (χ4v) is 2.63. The van der Waals surface area contributed by atoms with Gasteiger partial charge in [-0.25, -0.2) is 4.98 Å². The molecule has 0 aliphatic carbocycles. The third-order valence-corrected chi connectivity index (χ3v) is 3.95. The molecule has 0 bridgehead atoms. The normalized spacial score (nSPS) is 11.0. The van der Waals surface area contributed by atoms with Gasteiger partial charge >= 0.3 is 0 Å². The number of aryl methyl sites for hydroxylation is 1. The summed E-state index contributed by atoms with van der Waals surface area (Å²) < 4.78 is 5.60. The van der Waals surface area contributed by atoms with Crippen molar-refractivity contribution in [3.05, 3.63) is 46.8 Å². The van der Waals surface area contributed by atoms with E-state index in [0.29, 0.717) is 22.5 Å². The molecule has 5 nitrogen and oxygen atoms in total. The van der Waals surface area contributed by atoms with Gasteiger partial charge in [0.1, 0.15) is 11.3 Å². The van der Waals surface area contributed by atoms with Crippen LogP contribution in [0.2, 0.25) is 0 Å². The summed E-state index contributed by atoms with van der Waals surface area (Å²) in [5.41, 5.74) is 9.23. The van der Waals surface area contributed by atoms with Gasteiger partial charge in [0.15, 0.2) is 0 Å². The van der Waals surface area contributed by atoms with E-state index in [1.807, 2.05) is 32.0 Å². The van der Waals surface area contributed by atoms with Crippen LogP contribution in [0.3, 0.4) is 0 Å². The van der Waals surface area contributed by atoms with Crippen LogP contribution in [0.15, 0.2) is 28.7 Å². The maximum atomic E-state index is 11.8. The number of carbonyl (C=O) groups excluding carboxylic acids is 1. The van der Waals surface area contributed by atoms with Crippen molar-refractivity contribution in [2.45, 2.75) is 20.8 Å². The van der Waals surface area contributed by atoms with Crippen molar-refractivity contribution in [1.82, 2.24) is 4.98 Å². The van der Waals surface area contributed by atoms with Crippen LogP contribution in [0.1, 0.15) is 27.4 Å². The number of fused-ring (bicyclic) bond motifs is 1. The summed E-state index contributed by atoms with van der Waals surface area (Å²) in [4.78, 5) is 16.2. The molecule has 1 aromatic carbocycles. The zero-order chi connectivity index (χ0) is 16.0. The van der Waals surface area contributed by atoms with Gasteiger partial charge in [-0.2, -0.15) is 0 Å². The number of amides is 1. The highest BCUT2D eigenvalue weighted by Gasteiger charge is 2.24. The molecule has 22 heavy (non-hydrogen) atoms. The molecule has 0 atom stereocenters. The first kappa shape index (κ1) is 14.1. The Labute approximate surface area is 127 Å². The van der Waals surface area contributed by atoms with E-state index < -0.39 is 5.91 Å². The largest absolute Gasteiger partial charge is 0.506 e. The van der Waals surface area contributed by atoms with E-state index in [1.54, 1.807) is 13.0 Å². The predicted molar refractivity (Wildman–Crippen MR) is 83.8 cm³/mol. The van der Waals surface area contributed by atoms with Gasteiger partial charge in [0.05, 0.1) is 17.0 Å². The predicted octanol–water partition coefficient (Wildman–Crippen LogP) is 3.22. The van der Waals surface area contributed by atoms with Crippen molar-refractivity contribution >= 4 is 16.9 Å². The van der Waals surface area contributed by atoms with Crippen LogP contribution < -0.4 is 5.73 Å². The number of pyridine rings is 1. The Morgan fingerprint density at radius 2 is 1.86 bits per heavy atom. The first-order chi connectivity index (χ1) is 10.4. The molecule has 0 saturated carbocycles. The van der Waals surface area contributed by atoms with E-state index in [4.69, 9.17) is 10.2 Å². The number of para-hydroxylation sites is 1. The molecule has 112 valence electrons. The standard InChI is InChI=1S/C17H16N2O3/c1-8-9(2)15(20)10(3)19-14(8)13-11-6-4-5-7-12(11)22-16(13)17(18)21/h4-7,20H,1-3H3,(H2,18,21). The van der Waals surface area contributed by atoms with Crippen LogP contribution in [0, 0.1) is 20.8 Å². The molecular weight excluding hydrogens is 280 g/mol. The molecule has 2 aromatic heterocycles. The van der Waals surface area contributed by atoms with Crippen LogP contribution in [-0.4, -0.2) is 16.0 Å².